The summed E-state index contributed by atoms with van der Waals surface area (Å²) in [7, 11) is 0. The SMILES string of the molecule is O=C(O)c1ccc(OCc2ccc(-c3ccc(CO)cc3)cc2)cc1O. The van der Waals surface area contributed by atoms with Gasteiger partial charge >= 0.3 is 5.97 Å². The predicted molar refractivity (Wildman–Crippen MR) is 97.2 cm³/mol. The first-order valence-electron chi connectivity index (χ1n) is 8.05. The Labute approximate surface area is 150 Å². The van der Waals surface area contributed by atoms with Crippen LogP contribution in [0.25, 0.3) is 11.1 Å². The molecule has 0 fully saturated rings. The number of carboxylic acid groups (broad SMARTS) is 1. The minimum absolute atomic E-state index is 0.0273. The molecule has 3 N–H and O–H groups in total. The number of carbonyl (C=O) groups is 1. The minimum atomic E-state index is -1.18. The monoisotopic (exact) mass is 350 g/mol. The molecular weight excluding hydrogens is 332 g/mol. The van der Waals surface area contributed by atoms with E-state index in [1.807, 2.05) is 48.5 Å². The van der Waals surface area contributed by atoms with E-state index in [9.17, 15) is 9.90 Å². The summed E-state index contributed by atoms with van der Waals surface area (Å²) in [6.45, 7) is 0.329. The third-order valence-corrected chi connectivity index (χ3v) is 4.03. The van der Waals surface area contributed by atoms with Crippen LogP contribution in [0.3, 0.4) is 0 Å². The van der Waals surface area contributed by atoms with Gasteiger partial charge < -0.3 is 20.1 Å². The van der Waals surface area contributed by atoms with Gasteiger partial charge in [-0.05, 0) is 34.4 Å². The molecular formula is C21H18O5. The Morgan fingerprint density at radius 1 is 0.846 bits per heavy atom. The molecule has 3 aromatic rings. The highest BCUT2D eigenvalue weighted by Gasteiger charge is 2.10. The van der Waals surface area contributed by atoms with Crippen molar-refractivity contribution in [2.45, 2.75) is 13.2 Å². The Morgan fingerprint density at radius 2 is 1.42 bits per heavy atom. The van der Waals surface area contributed by atoms with E-state index in [2.05, 4.69) is 0 Å². The molecule has 3 rings (SSSR count). The van der Waals surface area contributed by atoms with Crippen LogP contribution in [0.5, 0.6) is 11.5 Å². The number of ether oxygens (including phenoxy) is 1. The third kappa shape index (κ3) is 4.02. The van der Waals surface area contributed by atoms with Crippen molar-refractivity contribution in [3.05, 3.63) is 83.4 Å². The van der Waals surface area contributed by atoms with Crippen LogP contribution in [0.2, 0.25) is 0 Å². The Morgan fingerprint density at radius 3 is 1.92 bits per heavy atom. The van der Waals surface area contributed by atoms with Crippen molar-refractivity contribution in [2.75, 3.05) is 0 Å². The zero-order valence-electron chi connectivity index (χ0n) is 13.9. The van der Waals surface area contributed by atoms with Crippen molar-refractivity contribution >= 4 is 5.97 Å². The molecule has 0 atom stereocenters. The van der Waals surface area contributed by atoms with Crippen molar-refractivity contribution in [1.29, 1.82) is 0 Å². The van der Waals surface area contributed by atoms with Crippen LogP contribution in [0, 0.1) is 0 Å². The number of phenols is 1. The zero-order valence-corrected chi connectivity index (χ0v) is 13.9. The van der Waals surface area contributed by atoms with Gasteiger partial charge in [-0.25, -0.2) is 4.79 Å². The molecule has 0 saturated carbocycles. The van der Waals surface area contributed by atoms with Crippen LogP contribution >= 0.6 is 0 Å². The van der Waals surface area contributed by atoms with Crippen LogP contribution in [-0.2, 0) is 13.2 Å². The van der Waals surface area contributed by atoms with E-state index < -0.39 is 5.97 Å². The van der Waals surface area contributed by atoms with Gasteiger partial charge in [0.1, 0.15) is 23.7 Å². The highest BCUT2D eigenvalue weighted by Crippen LogP contribution is 2.25. The standard InChI is InChI=1S/C21H18O5/c22-12-14-1-5-16(6-2-14)17-7-3-15(4-8-17)13-26-18-9-10-19(21(24)25)20(23)11-18/h1-11,22-23H,12-13H2,(H,24,25). The van der Waals surface area contributed by atoms with Crippen LogP contribution in [0.1, 0.15) is 21.5 Å². The summed E-state index contributed by atoms with van der Waals surface area (Å²) in [4.78, 5) is 10.9. The molecule has 3 aromatic carbocycles. The first-order chi connectivity index (χ1) is 12.6. The summed E-state index contributed by atoms with van der Waals surface area (Å²) in [5.41, 5.74) is 3.78. The van der Waals surface area contributed by atoms with Gasteiger partial charge in [-0.3, -0.25) is 0 Å². The average molecular weight is 350 g/mol. The lowest BCUT2D eigenvalue weighted by molar-refractivity contribution is 0.0693. The number of aliphatic hydroxyl groups excluding tert-OH is 1. The number of rotatable bonds is 6. The molecule has 0 bridgehead atoms. The molecule has 5 heteroatoms. The van der Waals surface area contributed by atoms with Gasteiger partial charge in [-0.15, -0.1) is 0 Å². The van der Waals surface area contributed by atoms with Gasteiger partial charge in [-0.2, -0.15) is 0 Å². The lowest BCUT2D eigenvalue weighted by Crippen LogP contribution is -1.99. The number of benzene rings is 3. The maximum atomic E-state index is 10.9. The van der Waals surface area contributed by atoms with Crippen molar-refractivity contribution in [2.24, 2.45) is 0 Å². The van der Waals surface area contributed by atoms with Crippen molar-refractivity contribution in [3.63, 3.8) is 0 Å². The van der Waals surface area contributed by atoms with Crippen molar-refractivity contribution in [3.8, 4) is 22.6 Å². The van der Waals surface area contributed by atoms with Crippen LogP contribution in [0.4, 0.5) is 0 Å². The molecule has 0 spiro atoms. The summed E-state index contributed by atoms with van der Waals surface area (Å²) in [6.07, 6.45) is 0. The van der Waals surface area contributed by atoms with E-state index in [4.69, 9.17) is 14.9 Å². The highest BCUT2D eigenvalue weighted by molar-refractivity contribution is 5.90. The summed E-state index contributed by atoms with van der Waals surface area (Å²) < 4.78 is 5.60. The molecule has 0 saturated heterocycles. The van der Waals surface area contributed by atoms with E-state index >= 15 is 0 Å². The number of aliphatic hydroxyl groups is 1. The lowest BCUT2D eigenvalue weighted by Gasteiger charge is -2.09. The Hall–Kier alpha value is -3.31. The molecule has 0 amide bonds. The van der Waals surface area contributed by atoms with Gasteiger partial charge in [-0.1, -0.05) is 48.5 Å². The summed E-state index contributed by atoms with van der Waals surface area (Å²) in [6, 6.07) is 19.7. The fourth-order valence-electron chi connectivity index (χ4n) is 2.54. The number of hydrogen-bond acceptors (Lipinski definition) is 4. The summed E-state index contributed by atoms with van der Waals surface area (Å²) in [5.74, 6) is -1.11. The van der Waals surface area contributed by atoms with Gasteiger partial charge in [0.2, 0.25) is 0 Å². The second-order valence-corrected chi connectivity index (χ2v) is 5.82. The molecule has 0 aliphatic heterocycles. The Kier molecular flexibility index (Phi) is 5.20. The third-order valence-electron chi connectivity index (χ3n) is 4.03. The normalized spacial score (nSPS) is 10.5. The molecule has 0 heterocycles. The second-order valence-electron chi connectivity index (χ2n) is 5.82. The minimum Gasteiger partial charge on any atom is -0.507 e. The van der Waals surface area contributed by atoms with E-state index in [0.29, 0.717) is 12.4 Å². The van der Waals surface area contributed by atoms with Crippen molar-refractivity contribution < 1.29 is 24.9 Å². The van der Waals surface area contributed by atoms with E-state index in [1.54, 1.807) is 0 Å². The fourth-order valence-corrected chi connectivity index (χ4v) is 2.54. The number of carboxylic acids is 1. The number of aromatic hydroxyl groups is 1. The van der Waals surface area contributed by atoms with E-state index in [0.717, 1.165) is 22.3 Å². The van der Waals surface area contributed by atoms with Crippen LogP contribution in [0.15, 0.2) is 66.7 Å². The molecule has 132 valence electrons. The predicted octanol–water partition coefficient (Wildman–Crippen LogP) is 3.83. The largest absolute Gasteiger partial charge is 0.507 e. The first kappa shape index (κ1) is 17.5. The van der Waals surface area contributed by atoms with Gasteiger partial charge in [0.25, 0.3) is 0 Å². The molecule has 26 heavy (non-hydrogen) atoms. The summed E-state index contributed by atoms with van der Waals surface area (Å²) >= 11 is 0. The average Bonchev–Trinajstić information content (AvgIpc) is 2.66. The molecule has 0 aliphatic rings. The Balaban J connectivity index is 1.65. The van der Waals surface area contributed by atoms with Crippen LogP contribution in [-0.4, -0.2) is 21.3 Å². The molecule has 0 aromatic heterocycles. The van der Waals surface area contributed by atoms with Gasteiger partial charge in [0.15, 0.2) is 0 Å². The maximum absolute atomic E-state index is 10.9. The lowest BCUT2D eigenvalue weighted by atomic mass is 10.0. The quantitative estimate of drug-likeness (QED) is 0.629. The Bertz CT molecular complexity index is 899. The maximum Gasteiger partial charge on any atom is 0.339 e. The van der Waals surface area contributed by atoms with E-state index in [-0.39, 0.29) is 17.9 Å². The molecule has 0 radical (unpaired) electrons. The van der Waals surface area contributed by atoms with E-state index in [1.165, 1.54) is 18.2 Å². The first-order valence-corrected chi connectivity index (χ1v) is 8.05. The molecule has 5 nitrogen and oxygen atoms in total. The van der Waals surface area contributed by atoms with Crippen molar-refractivity contribution in [1.82, 2.24) is 0 Å². The summed E-state index contributed by atoms with van der Waals surface area (Å²) in [5, 5.41) is 27.7. The topological polar surface area (TPSA) is 87.0 Å². The molecule has 0 unspecified atom stereocenters. The number of hydrogen-bond donors (Lipinski definition) is 3. The zero-order chi connectivity index (χ0) is 18.5. The van der Waals surface area contributed by atoms with Gasteiger partial charge in [0.05, 0.1) is 6.61 Å². The molecule has 0 aliphatic carbocycles. The number of aromatic carboxylic acids is 1. The smallest absolute Gasteiger partial charge is 0.339 e. The second kappa shape index (κ2) is 7.72. The fraction of sp³-hybridized carbons (Fsp3) is 0.0952. The highest BCUT2D eigenvalue weighted by atomic mass is 16.5. The van der Waals surface area contributed by atoms with Gasteiger partial charge in [0, 0.05) is 6.07 Å². The van der Waals surface area contributed by atoms with Crippen LogP contribution < -0.4 is 4.74 Å².